The fourth-order valence-electron chi connectivity index (χ4n) is 3.27. The van der Waals surface area contributed by atoms with Gasteiger partial charge in [0.25, 0.3) is 0 Å². The molecule has 0 radical (unpaired) electrons. The molecule has 0 bridgehead atoms. The lowest BCUT2D eigenvalue weighted by Crippen LogP contribution is -2.08. The molecule has 3 rings (SSSR count). The van der Waals surface area contributed by atoms with Crippen molar-refractivity contribution in [2.45, 2.75) is 32.9 Å². The molecule has 1 N–H and O–H groups in total. The topological polar surface area (TPSA) is 37.3 Å². The zero-order chi connectivity index (χ0) is 19.1. The predicted molar refractivity (Wildman–Crippen MR) is 99.7 cm³/mol. The fourth-order valence-corrected chi connectivity index (χ4v) is 3.27. The summed E-state index contributed by atoms with van der Waals surface area (Å²) in [4.78, 5) is 11.2. The normalized spacial score (nSPS) is 15.5. The number of aliphatic carboxylic acids is 1. The molecule has 0 amide bonds. The maximum absolute atomic E-state index is 14.0. The molecule has 0 atom stereocenters. The first-order valence-electron chi connectivity index (χ1n) is 8.40. The number of carboxylic acids is 1. The van der Waals surface area contributed by atoms with E-state index >= 15 is 0 Å². The third kappa shape index (κ3) is 3.45. The Kier molecular flexibility index (Phi) is 4.53. The van der Waals surface area contributed by atoms with Gasteiger partial charge in [0, 0.05) is 0 Å². The Bertz CT molecular complexity index is 930. The number of hydrogen-bond donors (Lipinski definition) is 1. The van der Waals surface area contributed by atoms with Crippen LogP contribution in [0.1, 0.15) is 49.4 Å². The van der Waals surface area contributed by atoms with E-state index in [4.69, 9.17) is 0 Å². The van der Waals surface area contributed by atoms with Gasteiger partial charge in [-0.3, -0.25) is 4.79 Å². The van der Waals surface area contributed by atoms with Crippen molar-refractivity contribution in [2.24, 2.45) is 0 Å². The average Bonchev–Trinajstić information content (AvgIpc) is 2.79. The van der Waals surface area contributed by atoms with Crippen molar-refractivity contribution in [3.05, 3.63) is 76.1 Å². The second-order valence-corrected chi connectivity index (χ2v) is 7.02. The SMILES string of the molecule is CC1=C(CC(=O)O)c2cc(F)ccc2/C1=C\c1ccc(C(C)(C)F)cc1. The highest BCUT2D eigenvalue weighted by atomic mass is 19.1. The number of allylic oxidation sites excluding steroid dienone is 2. The van der Waals surface area contributed by atoms with Crippen LogP contribution in [0.25, 0.3) is 17.2 Å². The van der Waals surface area contributed by atoms with Gasteiger partial charge in [0.05, 0.1) is 6.42 Å². The van der Waals surface area contributed by atoms with Gasteiger partial charge in [-0.15, -0.1) is 0 Å². The van der Waals surface area contributed by atoms with E-state index in [0.717, 1.165) is 22.3 Å². The van der Waals surface area contributed by atoms with Crippen molar-refractivity contribution in [1.82, 2.24) is 0 Å². The van der Waals surface area contributed by atoms with E-state index in [0.29, 0.717) is 16.7 Å². The summed E-state index contributed by atoms with van der Waals surface area (Å²) < 4.78 is 27.7. The molecule has 134 valence electrons. The largest absolute Gasteiger partial charge is 0.481 e. The van der Waals surface area contributed by atoms with E-state index in [2.05, 4.69) is 0 Å². The summed E-state index contributed by atoms with van der Waals surface area (Å²) in [6, 6.07) is 11.6. The molecule has 0 saturated carbocycles. The lowest BCUT2D eigenvalue weighted by Gasteiger charge is -2.14. The molecule has 1 aliphatic rings. The minimum Gasteiger partial charge on any atom is -0.481 e. The number of fused-ring (bicyclic) bond motifs is 1. The third-order valence-corrected chi connectivity index (χ3v) is 4.69. The number of alkyl halides is 1. The Morgan fingerprint density at radius 3 is 2.35 bits per heavy atom. The molecule has 1 aliphatic carbocycles. The lowest BCUT2D eigenvalue weighted by atomic mass is 9.96. The summed E-state index contributed by atoms with van der Waals surface area (Å²) in [5.74, 6) is -1.35. The van der Waals surface area contributed by atoms with Crippen LogP contribution in [-0.2, 0) is 10.5 Å². The number of halogens is 2. The molecular formula is C22H20F2O2. The first-order chi connectivity index (χ1) is 12.2. The van der Waals surface area contributed by atoms with Crippen molar-refractivity contribution in [1.29, 1.82) is 0 Å². The van der Waals surface area contributed by atoms with E-state index in [1.54, 1.807) is 18.2 Å². The average molecular weight is 354 g/mol. The van der Waals surface area contributed by atoms with Gasteiger partial charge >= 0.3 is 5.97 Å². The molecule has 0 unspecified atom stereocenters. The van der Waals surface area contributed by atoms with Crippen LogP contribution < -0.4 is 0 Å². The van der Waals surface area contributed by atoms with Gasteiger partial charge in [-0.25, -0.2) is 8.78 Å². The summed E-state index contributed by atoms with van der Waals surface area (Å²) in [5, 5.41) is 9.19. The molecule has 0 aliphatic heterocycles. The molecule has 4 heteroatoms. The van der Waals surface area contributed by atoms with Crippen LogP contribution in [0, 0.1) is 5.82 Å². The molecule has 0 heterocycles. The van der Waals surface area contributed by atoms with Crippen LogP contribution in [-0.4, -0.2) is 11.1 Å². The first kappa shape index (κ1) is 18.1. The van der Waals surface area contributed by atoms with Gasteiger partial charge in [0.2, 0.25) is 0 Å². The van der Waals surface area contributed by atoms with E-state index < -0.39 is 17.5 Å². The molecule has 2 aromatic carbocycles. The van der Waals surface area contributed by atoms with Crippen LogP contribution in [0.4, 0.5) is 8.78 Å². The highest BCUT2D eigenvalue weighted by Gasteiger charge is 2.25. The van der Waals surface area contributed by atoms with E-state index in [1.165, 1.54) is 26.0 Å². The Morgan fingerprint density at radius 2 is 1.77 bits per heavy atom. The van der Waals surface area contributed by atoms with E-state index in [-0.39, 0.29) is 6.42 Å². The second-order valence-electron chi connectivity index (χ2n) is 7.02. The van der Waals surface area contributed by atoms with Gasteiger partial charge in [0.15, 0.2) is 0 Å². The summed E-state index contributed by atoms with van der Waals surface area (Å²) in [7, 11) is 0. The van der Waals surface area contributed by atoms with Crippen LogP contribution in [0.3, 0.4) is 0 Å². The molecule has 0 fully saturated rings. The molecule has 0 spiro atoms. The zero-order valence-corrected chi connectivity index (χ0v) is 14.9. The lowest BCUT2D eigenvalue weighted by molar-refractivity contribution is -0.135. The fraction of sp³-hybridized carbons (Fsp3) is 0.227. The molecule has 2 nitrogen and oxygen atoms in total. The Hall–Kier alpha value is -2.75. The van der Waals surface area contributed by atoms with Gasteiger partial charge in [-0.2, -0.15) is 0 Å². The van der Waals surface area contributed by atoms with E-state index in [9.17, 15) is 18.7 Å². The van der Waals surface area contributed by atoms with Crippen LogP contribution >= 0.6 is 0 Å². The summed E-state index contributed by atoms with van der Waals surface area (Å²) >= 11 is 0. The van der Waals surface area contributed by atoms with Crippen LogP contribution in [0.2, 0.25) is 0 Å². The van der Waals surface area contributed by atoms with Crippen molar-refractivity contribution >= 4 is 23.2 Å². The van der Waals surface area contributed by atoms with E-state index in [1.807, 2.05) is 25.1 Å². The van der Waals surface area contributed by atoms with Crippen molar-refractivity contribution in [2.75, 3.05) is 0 Å². The predicted octanol–water partition coefficient (Wildman–Crippen LogP) is 5.83. The van der Waals surface area contributed by atoms with Gasteiger partial charge < -0.3 is 5.11 Å². The third-order valence-electron chi connectivity index (χ3n) is 4.69. The summed E-state index contributed by atoms with van der Waals surface area (Å²) in [6.07, 6.45) is 1.77. The molecule has 2 aromatic rings. The molecule has 0 aromatic heterocycles. The monoisotopic (exact) mass is 354 g/mol. The van der Waals surface area contributed by atoms with Gasteiger partial charge in [-0.1, -0.05) is 30.3 Å². The summed E-state index contributed by atoms with van der Waals surface area (Å²) in [6.45, 7) is 4.86. The van der Waals surface area contributed by atoms with Crippen molar-refractivity contribution in [3.63, 3.8) is 0 Å². The first-order valence-corrected chi connectivity index (χ1v) is 8.40. The van der Waals surface area contributed by atoms with Gasteiger partial charge in [0.1, 0.15) is 11.5 Å². The molecule has 0 saturated heterocycles. The van der Waals surface area contributed by atoms with Crippen molar-refractivity contribution < 1.29 is 18.7 Å². The van der Waals surface area contributed by atoms with Crippen molar-refractivity contribution in [3.8, 4) is 0 Å². The quantitative estimate of drug-likeness (QED) is 0.750. The number of benzene rings is 2. The molecule has 26 heavy (non-hydrogen) atoms. The number of rotatable bonds is 4. The standard InChI is InChI=1S/C22H20F2O2/c1-13-18(10-14-4-6-15(7-5-14)22(2,3)24)17-9-8-16(23)11-20(17)19(13)12-21(25)26/h4-11H,12H2,1-3H3,(H,25,26)/b18-10-. The Morgan fingerprint density at radius 1 is 1.12 bits per heavy atom. The number of hydrogen-bond acceptors (Lipinski definition) is 1. The molecular weight excluding hydrogens is 334 g/mol. The minimum atomic E-state index is -1.41. The Balaban J connectivity index is 2.08. The number of carbonyl (C=O) groups is 1. The smallest absolute Gasteiger partial charge is 0.307 e. The maximum atomic E-state index is 14.0. The van der Waals surface area contributed by atoms with Crippen LogP contribution in [0.5, 0.6) is 0 Å². The van der Waals surface area contributed by atoms with Gasteiger partial charge in [-0.05, 0) is 78.0 Å². The highest BCUT2D eigenvalue weighted by Crippen LogP contribution is 2.43. The highest BCUT2D eigenvalue weighted by molar-refractivity contribution is 6.07. The maximum Gasteiger partial charge on any atom is 0.307 e. The minimum absolute atomic E-state index is 0.158. The Labute approximate surface area is 151 Å². The second kappa shape index (κ2) is 6.52. The zero-order valence-electron chi connectivity index (χ0n) is 14.9. The summed E-state index contributed by atoms with van der Waals surface area (Å²) in [5.41, 5.74) is 3.80. The van der Waals surface area contributed by atoms with Crippen LogP contribution in [0.15, 0.2) is 48.0 Å². The number of carboxylic acid groups (broad SMARTS) is 1.